The van der Waals surface area contributed by atoms with Gasteiger partial charge < -0.3 is 10.2 Å². The van der Waals surface area contributed by atoms with Crippen LogP contribution in [0.3, 0.4) is 0 Å². The average molecular weight is 632 g/mol. The topological polar surface area (TPSA) is 86.8 Å². The summed E-state index contributed by atoms with van der Waals surface area (Å²) >= 11 is 6.06. The summed E-state index contributed by atoms with van der Waals surface area (Å²) < 4.78 is 29.4. The molecule has 0 fully saturated rings. The molecule has 0 saturated carbocycles. The van der Waals surface area contributed by atoms with Crippen LogP contribution in [0.15, 0.2) is 114 Å². The fourth-order valence-electron chi connectivity index (χ4n) is 4.93. The number of unbranched alkanes of at least 4 members (excludes halogenated alkanes) is 1. The summed E-state index contributed by atoms with van der Waals surface area (Å²) in [4.78, 5) is 29.7. The zero-order chi connectivity index (χ0) is 31.5. The van der Waals surface area contributed by atoms with Crippen LogP contribution in [0.2, 0.25) is 5.02 Å². The van der Waals surface area contributed by atoms with Gasteiger partial charge in [0, 0.05) is 24.5 Å². The highest BCUT2D eigenvalue weighted by Crippen LogP contribution is 2.28. The van der Waals surface area contributed by atoms with Crippen molar-refractivity contribution >= 4 is 39.1 Å². The highest BCUT2D eigenvalue weighted by Gasteiger charge is 2.35. The van der Waals surface area contributed by atoms with E-state index in [2.05, 4.69) is 5.32 Å². The summed E-state index contributed by atoms with van der Waals surface area (Å²) in [6.45, 7) is 3.94. The lowest BCUT2D eigenvalue weighted by atomic mass is 10.0. The minimum Gasteiger partial charge on any atom is -0.354 e. The lowest BCUT2D eigenvalue weighted by Crippen LogP contribution is -2.53. The van der Waals surface area contributed by atoms with E-state index >= 15 is 0 Å². The predicted octanol–water partition coefficient (Wildman–Crippen LogP) is 6.40. The van der Waals surface area contributed by atoms with Crippen molar-refractivity contribution in [3.63, 3.8) is 0 Å². The number of nitrogens with zero attached hydrogens (tertiary/aromatic N) is 2. The van der Waals surface area contributed by atoms with E-state index in [1.165, 1.54) is 29.2 Å². The maximum atomic E-state index is 14.5. The summed E-state index contributed by atoms with van der Waals surface area (Å²) in [5.41, 5.74) is 2.77. The second-order valence-corrected chi connectivity index (χ2v) is 12.9. The van der Waals surface area contributed by atoms with Crippen molar-refractivity contribution in [3.05, 3.63) is 131 Å². The summed E-state index contributed by atoms with van der Waals surface area (Å²) in [6, 6.07) is 30.9. The Bertz CT molecular complexity index is 1630. The van der Waals surface area contributed by atoms with E-state index in [0.717, 1.165) is 28.3 Å². The molecule has 0 aromatic heterocycles. The quantitative estimate of drug-likeness (QED) is 0.163. The molecule has 7 nitrogen and oxygen atoms in total. The van der Waals surface area contributed by atoms with Gasteiger partial charge in [0.1, 0.15) is 12.6 Å². The van der Waals surface area contributed by atoms with Crippen LogP contribution in [-0.2, 0) is 32.6 Å². The van der Waals surface area contributed by atoms with E-state index in [1.807, 2.05) is 73.7 Å². The van der Waals surface area contributed by atoms with Crippen molar-refractivity contribution in [2.75, 3.05) is 17.4 Å². The molecule has 0 aliphatic rings. The van der Waals surface area contributed by atoms with Crippen LogP contribution in [0.25, 0.3) is 0 Å². The first-order chi connectivity index (χ1) is 21.2. The number of carbonyl (C=O) groups excluding carboxylic acids is 2. The molecule has 4 aromatic rings. The molecule has 4 aromatic carbocycles. The van der Waals surface area contributed by atoms with Crippen LogP contribution in [0.1, 0.15) is 36.5 Å². The van der Waals surface area contributed by atoms with Gasteiger partial charge in [-0.05, 0) is 60.4 Å². The number of sulfonamides is 1. The van der Waals surface area contributed by atoms with Crippen LogP contribution < -0.4 is 9.62 Å². The highest BCUT2D eigenvalue weighted by atomic mass is 35.5. The fourth-order valence-corrected chi connectivity index (χ4v) is 6.54. The Kier molecular flexibility index (Phi) is 11.6. The number of carbonyl (C=O) groups is 2. The Morgan fingerprint density at radius 2 is 1.41 bits per heavy atom. The number of para-hydroxylation sites is 1. The number of anilines is 1. The van der Waals surface area contributed by atoms with Crippen LogP contribution in [0.4, 0.5) is 5.69 Å². The number of amides is 2. The summed E-state index contributed by atoms with van der Waals surface area (Å²) in [5, 5.41) is 3.40. The van der Waals surface area contributed by atoms with Crippen LogP contribution in [0.5, 0.6) is 0 Å². The zero-order valence-corrected chi connectivity index (χ0v) is 26.6. The van der Waals surface area contributed by atoms with E-state index in [1.54, 1.807) is 25.1 Å². The third-order valence-corrected chi connectivity index (χ3v) is 9.39. The largest absolute Gasteiger partial charge is 0.354 e. The summed E-state index contributed by atoms with van der Waals surface area (Å²) in [6.07, 6.45) is 1.98. The number of hydrogen-bond donors (Lipinski definition) is 1. The van der Waals surface area contributed by atoms with Gasteiger partial charge in [-0.25, -0.2) is 8.42 Å². The van der Waals surface area contributed by atoms with Crippen LogP contribution in [-0.4, -0.2) is 44.3 Å². The number of halogens is 1. The molecule has 0 heterocycles. The number of nitrogens with one attached hydrogen (secondary N) is 1. The molecule has 0 spiro atoms. The first kappa shape index (κ1) is 32.8. The van der Waals surface area contributed by atoms with Gasteiger partial charge in [0.15, 0.2) is 0 Å². The molecule has 0 radical (unpaired) electrons. The molecular weight excluding hydrogens is 594 g/mol. The van der Waals surface area contributed by atoms with Crippen molar-refractivity contribution in [2.24, 2.45) is 0 Å². The lowest BCUT2D eigenvalue weighted by Gasteiger charge is -2.34. The van der Waals surface area contributed by atoms with E-state index in [4.69, 9.17) is 11.6 Å². The molecule has 0 saturated heterocycles. The maximum Gasteiger partial charge on any atom is 0.264 e. The van der Waals surface area contributed by atoms with E-state index in [0.29, 0.717) is 22.8 Å². The minimum absolute atomic E-state index is 0.00528. The van der Waals surface area contributed by atoms with Crippen molar-refractivity contribution < 1.29 is 18.0 Å². The van der Waals surface area contributed by atoms with E-state index in [9.17, 15) is 18.0 Å². The highest BCUT2D eigenvalue weighted by molar-refractivity contribution is 7.92. The number of hydrogen-bond acceptors (Lipinski definition) is 4. The number of benzene rings is 4. The Labute approximate surface area is 265 Å². The average Bonchev–Trinajstić information content (AvgIpc) is 3.03. The smallest absolute Gasteiger partial charge is 0.264 e. The van der Waals surface area contributed by atoms with Crippen LogP contribution in [0, 0.1) is 6.92 Å². The van der Waals surface area contributed by atoms with Gasteiger partial charge in [-0.1, -0.05) is 104 Å². The van der Waals surface area contributed by atoms with Gasteiger partial charge in [-0.3, -0.25) is 13.9 Å². The Morgan fingerprint density at radius 3 is 2.02 bits per heavy atom. The molecule has 0 bridgehead atoms. The van der Waals surface area contributed by atoms with Crippen LogP contribution >= 0.6 is 11.6 Å². The molecule has 0 aliphatic heterocycles. The third-order valence-electron chi connectivity index (χ3n) is 7.36. The first-order valence-electron chi connectivity index (χ1n) is 14.7. The number of rotatable bonds is 14. The van der Waals surface area contributed by atoms with Gasteiger partial charge in [0.2, 0.25) is 11.8 Å². The molecule has 0 aliphatic carbocycles. The molecule has 1 N–H and O–H groups in total. The van der Waals surface area contributed by atoms with Crippen molar-refractivity contribution in [2.45, 2.75) is 50.6 Å². The SMILES string of the molecule is CCCCNC(=O)C(Cc1ccccc1)N(Cc1ccccc1)C(=O)CN(c1ccccc1C)S(=O)(=O)c1ccc(Cl)cc1. The molecular formula is C35H38ClN3O4S. The zero-order valence-electron chi connectivity index (χ0n) is 25.0. The van der Waals surface area contributed by atoms with Crippen molar-refractivity contribution in [1.29, 1.82) is 0 Å². The summed E-state index contributed by atoms with van der Waals surface area (Å²) in [7, 11) is -4.19. The third kappa shape index (κ3) is 8.49. The number of aryl methyl sites for hydroxylation is 1. The predicted molar refractivity (Wildman–Crippen MR) is 176 cm³/mol. The Morgan fingerprint density at radius 1 is 0.818 bits per heavy atom. The molecule has 9 heteroatoms. The maximum absolute atomic E-state index is 14.5. The molecule has 230 valence electrons. The van der Waals surface area contributed by atoms with Crippen molar-refractivity contribution in [3.8, 4) is 0 Å². The Balaban J connectivity index is 1.78. The second kappa shape index (κ2) is 15.5. The standard InChI is InChI=1S/C35H38ClN3O4S/c1-3-4-23-37-35(41)33(24-28-14-7-5-8-15-28)38(25-29-16-9-6-10-17-29)34(40)26-39(32-18-12-11-13-27(32)2)44(42,43)31-21-19-30(36)20-22-31/h5-22,33H,3-4,23-26H2,1-2H3,(H,37,41). The van der Waals surface area contributed by atoms with Gasteiger partial charge in [0.05, 0.1) is 10.6 Å². The fraction of sp³-hybridized carbons (Fsp3) is 0.257. The Hall–Kier alpha value is -4.14. The molecule has 2 amide bonds. The minimum atomic E-state index is -4.19. The van der Waals surface area contributed by atoms with Crippen molar-refractivity contribution in [1.82, 2.24) is 10.2 Å². The summed E-state index contributed by atoms with van der Waals surface area (Å²) in [5.74, 6) is -0.782. The van der Waals surface area contributed by atoms with Gasteiger partial charge in [-0.15, -0.1) is 0 Å². The van der Waals surface area contributed by atoms with Gasteiger partial charge in [0.25, 0.3) is 10.0 Å². The van der Waals surface area contributed by atoms with E-state index in [-0.39, 0.29) is 23.8 Å². The first-order valence-corrected chi connectivity index (χ1v) is 16.5. The van der Waals surface area contributed by atoms with Gasteiger partial charge in [-0.2, -0.15) is 0 Å². The molecule has 44 heavy (non-hydrogen) atoms. The molecule has 1 atom stereocenters. The second-order valence-electron chi connectivity index (χ2n) is 10.6. The molecule has 4 rings (SSSR count). The lowest BCUT2D eigenvalue weighted by molar-refractivity contribution is -0.140. The monoisotopic (exact) mass is 631 g/mol. The van der Waals surface area contributed by atoms with E-state index < -0.39 is 28.5 Å². The normalized spacial score (nSPS) is 11.9. The molecule has 1 unspecified atom stereocenters. The van der Waals surface area contributed by atoms with Gasteiger partial charge >= 0.3 is 0 Å².